The van der Waals surface area contributed by atoms with Crippen molar-refractivity contribution in [2.75, 3.05) is 0 Å². The maximum atomic E-state index is 11.2. The molecule has 0 saturated heterocycles. The van der Waals surface area contributed by atoms with Gasteiger partial charge in [0.25, 0.3) is 0 Å². The summed E-state index contributed by atoms with van der Waals surface area (Å²) in [5.41, 5.74) is 1.01. The van der Waals surface area contributed by atoms with Crippen molar-refractivity contribution in [2.24, 2.45) is 5.92 Å². The summed E-state index contributed by atoms with van der Waals surface area (Å²) in [4.78, 5) is 13.3. The van der Waals surface area contributed by atoms with E-state index in [0.717, 1.165) is 20.3 Å². The van der Waals surface area contributed by atoms with E-state index in [1.54, 1.807) is 11.3 Å². The molecule has 0 amide bonds. The van der Waals surface area contributed by atoms with Crippen molar-refractivity contribution < 1.29 is 9.90 Å². The molecule has 1 heterocycles. The summed E-state index contributed by atoms with van der Waals surface area (Å²) in [5, 5.41) is 13.0. The molecule has 0 aliphatic carbocycles. The molecule has 5 heteroatoms. The maximum absolute atomic E-state index is 11.2. The van der Waals surface area contributed by atoms with E-state index < -0.39 is 12.0 Å². The molecule has 112 valence electrons. The second-order valence-corrected chi connectivity index (χ2v) is 6.76. The number of carboxylic acid groups (broad SMARTS) is 1. The van der Waals surface area contributed by atoms with E-state index in [9.17, 15) is 4.79 Å². The van der Waals surface area contributed by atoms with Crippen LogP contribution in [-0.4, -0.2) is 17.1 Å². The number of carbonyl (C=O) groups is 1. The Morgan fingerprint density at radius 3 is 2.62 bits per heavy atom. The van der Waals surface area contributed by atoms with E-state index in [2.05, 4.69) is 5.32 Å². The van der Waals surface area contributed by atoms with E-state index in [1.165, 1.54) is 0 Å². The summed E-state index contributed by atoms with van der Waals surface area (Å²) < 4.78 is 0. The van der Waals surface area contributed by atoms with Crippen molar-refractivity contribution in [3.63, 3.8) is 0 Å². The van der Waals surface area contributed by atoms with Crippen LogP contribution in [0.5, 0.6) is 0 Å². The molecule has 21 heavy (non-hydrogen) atoms. The number of rotatable bonds is 6. The number of thiophene rings is 1. The van der Waals surface area contributed by atoms with E-state index >= 15 is 0 Å². The van der Waals surface area contributed by atoms with Crippen LogP contribution < -0.4 is 5.32 Å². The average Bonchev–Trinajstić information content (AvgIpc) is 2.87. The molecule has 0 spiro atoms. The topological polar surface area (TPSA) is 49.3 Å². The van der Waals surface area contributed by atoms with Crippen molar-refractivity contribution >= 4 is 28.9 Å². The molecule has 0 radical (unpaired) electrons. The first-order chi connectivity index (χ1) is 9.99. The van der Waals surface area contributed by atoms with Gasteiger partial charge in [-0.1, -0.05) is 43.6 Å². The summed E-state index contributed by atoms with van der Waals surface area (Å²) >= 11 is 7.82. The summed E-state index contributed by atoms with van der Waals surface area (Å²) in [6.07, 6.45) is 0. The average molecular weight is 324 g/mol. The highest BCUT2D eigenvalue weighted by molar-refractivity contribution is 7.15. The normalized spacial score (nSPS) is 12.6. The van der Waals surface area contributed by atoms with Gasteiger partial charge in [-0.2, -0.15) is 0 Å². The highest BCUT2D eigenvalue weighted by Gasteiger charge is 2.20. The Hall–Kier alpha value is -1.36. The third-order valence-electron chi connectivity index (χ3n) is 3.23. The highest BCUT2D eigenvalue weighted by Crippen LogP contribution is 2.33. The highest BCUT2D eigenvalue weighted by atomic mass is 35.5. The second kappa shape index (κ2) is 7.07. The molecule has 0 aliphatic rings. The van der Waals surface area contributed by atoms with Crippen LogP contribution in [0.1, 0.15) is 18.7 Å². The second-order valence-electron chi connectivity index (χ2n) is 5.19. The van der Waals surface area contributed by atoms with Gasteiger partial charge in [-0.25, -0.2) is 0 Å². The summed E-state index contributed by atoms with van der Waals surface area (Å²) in [6.45, 7) is 4.34. The number of halogens is 1. The minimum Gasteiger partial charge on any atom is -0.480 e. The lowest BCUT2D eigenvalue weighted by Gasteiger charge is -2.17. The lowest BCUT2D eigenvalue weighted by Crippen LogP contribution is -2.40. The van der Waals surface area contributed by atoms with Crippen molar-refractivity contribution in [1.82, 2.24) is 5.32 Å². The molecule has 0 bridgehead atoms. The predicted molar refractivity (Wildman–Crippen MR) is 87.9 cm³/mol. The zero-order valence-electron chi connectivity index (χ0n) is 12.0. The first-order valence-corrected chi connectivity index (χ1v) is 7.98. The molecular weight excluding hydrogens is 306 g/mol. The molecular formula is C16H18ClNO2S. The molecule has 2 aromatic rings. The number of hydrogen-bond acceptors (Lipinski definition) is 3. The Balaban J connectivity index is 2.07. The van der Waals surface area contributed by atoms with Gasteiger partial charge in [-0.3, -0.25) is 10.1 Å². The van der Waals surface area contributed by atoms with Crippen LogP contribution in [0.2, 0.25) is 5.02 Å². The maximum Gasteiger partial charge on any atom is 0.320 e. The first kappa shape index (κ1) is 16.0. The van der Waals surface area contributed by atoms with E-state index in [4.69, 9.17) is 16.7 Å². The zero-order chi connectivity index (χ0) is 15.4. The van der Waals surface area contributed by atoms with Gasteiger partial charge >= 0.3 is 5.97 Å². The first-order valence-electron chi connectivity index (χ1n) is 6.79. The quantitative estimate of drug-likeness (QED) is 0.834. The Morgan fingerprint density at radius 2 is 2.00 bits per heavy atom. The number of hydrogen-bond donors (Lipinski definition) is 2. The molecule has 2 rings (SSSR count). The lowest BCUT2D eigenvalue weighted by molar-refractivity contribution is -0.140. The molecule has 0 aliphatic heterocycles. The van der Waals surface area contributed by atoms with Gasteiger partial charge in [0, 0.05) is 26.9 Å². The fourth-order valence-electron chi connectivity index (χ4n) is 2.10. The van der Waals surface area contributed by atoms with Crippen LogP contribution in [0.15, 0.2) is 36.4 Å². The Labute approximate surface area is 133 Å². The SMILES string of the molecule is CC(C)[C@@H](NCc1ccc(-c2ccccc2Cl)s1)C(=O)O. The molecule has 2 N–H and O–H groups in total. The van der Waals surface area contributed by atoms with Crippen molar-refractivity contribution in [2.45, 2.75) is 26.4 Å². The minimum atomic E-state index is -0.812. The molecule has 1 atom stereocenters. The molecule has 3 nitrogen and oxygen atoms in total. The Morgan fingerprint density at radius 1 is 1.29 bits per heavy atom. The monoisotopic (exact) mass is 323 g/mol. The van der Waals surface area contributed by atoms with Crippen LogP contribution in [0.3, 0.4) is 0 Å². The van der Waals surface area contributed by atoms with E-state index in [0.29, 0.717) is 6.54 Å². The number of carboxylic acids is 1. The predicted octanol–water partition coefficient (Wildman–Crippen LogP) is 4.27. The summed E-state index contributed by atoms with van der Waals surface area (Å²) in [7, 11) is 0. The van der Waals surface area contributed by atoms with Crippen molar-refractivity contribution in [1.29, 1.82) is 0 Å². The van der Waals surface area contributed by atoms with Gasteiger partial charge in [0.1, 0.15) is 6.04 Å². The Bertz CT molecular complexity index is 624. The largest absolute Gasteiger partial charge is 0.480 e. The molecule has 0 unspecified atom stereocenters. The van der Waals surface area contributed by atoms with Crippen LogP contribution >= 0.6 is 22.9 Å². The van der Waals surface area contributed by atoms with Gasteiger partial charge in [-0.05, 0) is 24.1 Å². The van der Waals surface area contributed by atoms with Crippen LogP contribution in [-0.2, 0) is 11.3 Å². The molecule has 1 aromatic heterocycles. The standard InChI is InChI=1S/C16H18ClNO2S/c1-10(2)15(16(19)20)18-9-11-7-8-14(21-11)12-5-3-4-6-13(12)17/h3-8,10,15,18H,9H2,1-2H3,(H,19,20)/t15-/m1/s1. The van der Waals surface area contributed by atoms with Gasteiger partial charge < -0.3 is 5.11 Å². The third-order valence-corrected chi connectivity index (χ3v) is 4.68. The third kappa shape index (κ3) is 4.06. The fraction of sp³-hybridized carbons (Fsp3) is 0.312. The summed E-state index contributed by atoms with van der Waals surface area (Å²) in [5.74, 6) is -0.765. The van der Waals surface area contributed by atoms with Gasteiger partial charge in [-0.15, -0.1) is 11.3 Å². The Kier molecular flexibility index (Phi) is 5.39. The van der Waals surface area contributed by atoms with Crippen LogP contribution in [0.4, 0.5) is 0 Å². The van der Waals surface area contributed by atoms with Gasteiger partial charge in [0.2, 0.25) is 0 Å². The number of benzene rings is 1. The zero-order valence-corrected chi connectivity index (χ0v) is 13.5. The van der Waals surface area contributed by atoms with Gasteiger partial charge in [0.05, 0.1) is 0 Å². The van der Waals surface area contributed by atoms with Crippen molar-refractivity contribution in [3.8, 4) is 10.4 Å². The van der Waals surface area contributed by atoms with E-state index in [-0.39, 0.29) is 5.92 Å². The fourth-order valence-corrected chi connectivity index (χ4v) is 3.39. The summed E-state index contributed by atoms with van der Waals surface area (Å²) in [6, 6.07) is 11.2. The van der Waals surface area contributed by atoms with E-state index in [1.807, 2.05) is 50.2 Å². The van der Waals surface area contributed by atoms with Crippen LogP contribution in [0.25, 0.3) is 10.4 Å². The molecule has 0 saturated carbocycles. The molecule has 1 aromatic carbocycles. The lowest BCUT2D eigenvalue weighted by atomic mass is 10.1. The minimum absolute atomic E-state index is 0.0468. The molecule has 0 fully saturated rings. The number of nitrogens with one attached hydrogen (secondary N) is 1. The van der Waals surface area contributed by atoms with Crippen LogP contribution in [0, 0.1) is 5.92 Å². The van der Waals surface area contributed by atoms with Crippen molar-refractivity contribution in [3.05, 3.63) is 46.3 Å². The smallest absolute Gasteiger partial charge is 0.320 e. The number of aliphatic carboxylic acids is 1. The van der Waals surface area contributed by atoms with Gasteiger partial charge in [0.15, 0.2) is 0 Å².